The maximum atomic E-state index is 5.39. The van der Waals surface area contributed by atoms with E-state index in [1.807, 2.05) is 6.92 Å². The van der Waals surface area contributed by atoms with Gasteiger partial charge in [0.15, 0.2) is 0 Å². The van der Waals surface area contributed by atoms with E-state index in [4.69, 9.17) is 4.74 Å². The van der Waals surface area contributed by atoms with Crippen molar-refractivity contribution in [2.45, 2.75) is 33.4 Å². The molecule has 0 bridgehead atoms. The molecular weight excluding hydrogens is 190 g/mol. The van der Waals surface area contributed by atoms with Crippen LogP contribution < -0.4 is 5.32 Å². The molecule has 0 aromatic carbocycles. The third-order valence-corrected chi connectivity index (χ3v) is 2.84. The molecule has 0 atom stereocenters. The maximum Gasteiger partial charge on any atom is 0.106 e. The molecule has 1 N–H and O–H groups in total. The summed E-state index contributed by atoms with van der Waals surface area (Å²) in [6, 6.07) is 0. The van der Waals surface area contributed by atoms with E-state index in [9.17, 15) is 0 Å². The summed E-state index contributed by atoms with van der Waals surface area (Å²) >= 11 is 0. The molecule has 0 amide bonds. The van der Waals surface area contributed by atoms with Crippen molar-refractivity contribution >= 4 is 0 Å². The van der Waals surface area contributed by atoms with Crippen LogP contribution in [0.2, 0.25) is 0 Å². The van der Waals surface area contributed by atoms with Crippen molar-refractivity contribution in [2.75, 3.05) is 19.8 Å². The fourth-order valence-electron chi connectivity index (χ4n) is 2.10. The Hall–Kier alpha value is -0.870. The normalized spacial score (nSPS) is 15.3. The minimum Gasteiger partial charge on any atom is -0.380 e. The predicted molar refractivity (Wildman–Crippen MR) is 58.9 cm³/mol. The number of hydrogen-bond donors (Lipinski definition) is 1. The fraction of sp³-hybridized carbons (Fsp3) is 0.727. The number of rotatable bonds is 4. The first-order valence-electron chi connectivity index (χ1n) is 5.66. The summed E-state index contributed by atoms with van der Waals surface area (Å²) in [6.07, 6.45) is 1.09. The van der Waals surface area contributed by atoms with Gasteiger partial charge in [-0.3, -0.25) is 0 Å². The summed E-state index contributed by atoms with van der Waals surface area (Å²) in [5.74, 6) is 1.11. The monoisotopic (exact) mass is 209 g/mol. The van der Waals surface area contributed by atoms with Gasteiger partial charge in [0, 0.05) is 38.4 Å². The van der Waals surface area contributed by atoms with E-state index in [0.29, 0.717) is 0 Å². The van der Waals surface area contributed by atoms with E-state index < -0.39 is 0 Å². The van der Waals surface area contributed by atoms with Crippen molar-refractivity contribution in [1.29, 1.82) is 0 Å². The molecule has 1 aliphatic heterocycles. The molecule has 2 rings (SSSR count). The number of nitrogens with one attached hydrogen (secondary N) is 1. The Kier molecular flexibility index (Phi) is 3.38. The van der Waals surface area contributed by atoms with Gasteiger partial charge >= 0.3 is 0 Å². The van der Waals surface area contributed by atoms with Gasteiger partial charge in [0.2, 0.25) is 0 Å². The molecule has 4 nitrogen and oxygen atoms in total. The van der Waals surface area contributed by atoms with E-state index in [2.05, 4.69) is 21.8 Å². The molecular formula is C11H19N3O. The molecule has 15 heavy (non-hydrogen) atoms. The van der Waals surface area contributed by atoms with Crippen molar-refractivity contribution in [3.8, 4) is 0 Å². The van der Waals surface area contributed by atoms with Crippen LogP contribution in [-0.4, -0.2) is 29.3 Å². The first-order valence-corrected chi connectivity index (χ1v) is 5.66. The van der Waals surface area contributed by atoms with Gasteiger partial charge in [0.25, 0.3) is 0 Å². The van der Waals surface area contributed by atoms with Crippen LogP contribution in [0.15, 0.2) is 0 Å². The van der Waals surface area contributed by atoms with Gasteiger partial charge in [-0.05, 0) is 13.8 Å². The molecule has 0 spiro atoms. The van der Waals surface area contributed by atoms with Crippen molar-refractivity contribution in [3.63, 3.8) is 0 Å². The number of hydrogen-bond acceptors (Lipinski definition) is 3. The highest BCUT2D eigenvalue weighted by atomic mass is 16.5. The largest absolute Gasteiger partial charge is 0.380 e. The van der Waals surface area contributed by atoms with Gasteiger partial charge in [0.05, 0.1) is 12.3 Å². The maximum absolute atomic E-state index is 5.39. The van der Waals surface area contributed by atoms with Gasteiger partial charge in [-0.2, -0.15) is 0 Å². The van der Waals surface area contributed by atoms with Crippen molar-refractivity contribution in [1.82, 2.24) is 14.9 Å². The van der Waals surface area contributed by atoms with Crippen LogP contribution in [0.25, 0.3) is 0 Å². The van der Waals surface area contributed by atoms with Gasteiger partial charge in [-0.25, -0.2) is 4.98 Å². The van der Waals surface area contributed by atoms with Gasteiger partial charge in [-0.1, -0.05) is 0 Å². The number of fused-ring (bicyclic) bond motifs is 1. The SMILES string of the molecule is CCOCCn1c(C)nc2c1CCNC2. The predicted octanol–water partition coefficient (Wildman–Crippen LogP) is 0.874. The minimum absolute atomic E-state index is 0.785. The van der Waals surface area contributed by atoms with Crippen LogP contribution >= 0.6 is 0 Å². The number of aromatic nitrogens is 2. The third kappa shape index (κ3) is 2.21. The zero-order chi connectivity index (χ0) is 10.7. The summed E-state index contributed by atoms with van der Waals surface area (Å²) in [7, 11) is 0. The van der Waals surface area contributed by atoms with Crippen molar-refractivity contribution in [3.05, 3.63) is 17.2 Å². The van der Waals surface area contributed by atoms with Crippen LogP contribution in [-0.2, 0) is 24.2 Å². The van der Waals surface area contributed by atoms with Crippen LogP contribution in [0.3, 0.4) is 0 Å². The lowest BCUT2D eigenvalue weighted by Crippen LogP contribution is -2.25. The Morgan fingerprint density at radius 3 is 3.20 bits per heavy atom. The molecule has 1 aromatic heterocycles. The number of ether oxygens (including phenoxy) is 1. The Labute approximate surface area is 90.6 Å². The summed E-state index contributed by atoms with van der Waals surface area (Å²) in [5.41, 5.74) is 2.61. The third-order valence-electron chi connectivity index (χ3n) is 2.84. The molecule has 1 aromatic rings. The van der Waals surface area contributed by atoms with E-state index in [1.54, 1.807) is 0 Å². The van der Waals surface area contributed by atoms with Crippen LogP contribution in [0, 0.1) is 6.92 Å². The van der Waals surface area contributed by atoms with Crippen molar-refractivity contribution < 1.29 is 4.74 Å². The van der Waals surface area contributed by atoms with Gasteiger partial charge in [-0.15, -0.1) is 0 Å². The van der Waals surface area contributed by atoms with E-state index >= 15 is 0 Å². The lowest BCUT2D eigenvalue weighted by atomic mass is 10.2. The quantitative estimate of drug-likeness (QED) is 0.748. The molecule has 0 radical (unpaired) electrons. The molecule has 0 unspecified atom stereocenters. The van der Waals surface area contributed by atoms with Gasteiger partial charge < -0.3 is 14.6 Å². The molecule has 0 aliphatic carbocycles. The molecule has 0 fully saturated rings. The summed E-state index contributed by atoms with van der Waals surface area (Å²) in [5, 5.41) is 3.34. The molecule has 0 saturated heterocycles. The highest BCUT2D eigenvalue weighted by Crippen LogP contribution is 2.15. The second-order valence-electron chi connectivity index (χ2n) is 3.83. The van der Waals surface area contributed by atoms with Crippen LogP contribution in [0.4, 0.5) is 0 Å². The Morgan fingerprint density at radius 1 is 1.53 bits per heavy atom. The van der Waals surface area contributed by atoms with Gasteiger partial charge in [0.1, 0.15) is 5.82 Å². The second kappa shape index (κ2) is 4.77. The molecule has 2 heterocycles. The molecule has 0 saturated carbocycles. The number of imidazole rings is 1. The fourth-order valence-corrected chi connectivity index (χ4v) is 2.10. The lowest BCUT2D eigenvalue weighted by molar-refractivity contribution is 0.138. The standard InChI is InChI=1S/C11H19N3O/c1-3-15-7-6-14-9(2)13-10-8-12-5-4-11(10)14/h12H,3-8H2,1-2H3. The first-order chi connectivity index (χ1) is 7.33. The zero-order valence-electron chi connectivity index (χ0n) is 9.55. The molecule has 1 aliphatic rings. The van der Waals surface area contributed by atoms with E-state index in [-0.39, 0.29) is 0 Å². The smallest absolute Gasteiger partial charge is 0.106 e. The summed E-state index contributed by atoms with van der Waals surface area (Å²) < 4.78 is 7.69. The second-order valence-corrected chi connectivity index (χ2v) is 3.83. The lowest BCUT2D eigenvalue weighted by Gasteiger charge is -2.15. The Balaban J connectivity index is 2.11. The average Bonchev–Trinajstić information content (AvgIpc) is 2.56. The number of aryl methyl sites for hydroxylation is 1. The summed E-state index contributed by atoms with van der Waals surface area (Å²) in [6.45, 7) is 8.59. The topological polar surface area (TPSA) is 39.1 Å². The van der Waals surface area contributed by atoms with E-state index in [0.717, 1.165) is 45.1 Å². The highest BCUT2D eigenvalue weighted by Gasteiger charge is 2.16. The first kappa shape index (κ1) is 10.6. The summed E-state index contributed by atoms with van der Waals surface area (Å²) in [4.78, 5) is 4.57. The molecule has 4 heteroatoms. The zero-order valence-corrected chi connectivity index (χ0v) is 9.55. The number of nitrogens with zero attached hydrogens (tertiary/aromatic N) is 2. The highest BCUT2D eigenvalue weighted by molar-refractivity contribution is 5.19. The Morgan fingerprint density at radius 2 is 2.40 bits per heavy atom. The minimum atomic E-state index is 0.785. The van der Waals surface area contributed by atoms with E-state index in [1.165, 1.54) is 11.4 Å². The van der Waals surface area contributed by atoms with Crippen molar-refractivity contribution in [2.24, 2.45) is 0 Å². The van der Waals surface area contributed by atoms with Crippen LogP contribution in [0.1, 0.15) is 24.1 Å². The average molecular weight is 209 g/mol. The molecule has 84 valence electrons. The van der Waals surface area contributed by atoms with Crippen LogP contribution in [0.5, 0.6) is 0 Å². The Bertz CT molecular complexity index is 333.